The molecule has 0 aromatic carbocycles. The van der Waals surface area contributed by atoms with Crippen LogP contribution in [0.2, 0.25) is 0 Å². The van der Waals surface area contributed by atoms with Crippen LogP contribution >= 0.6 is 0 Å². The van der Waals surface area contributed by atoms with Crippen molar-refractivity contribution >= 4 is 0 Å². The third kappa shape index (κ3) is 1400. The van der Waals surface area contributed by atoms with Gasteiger partial charge in [0.25, 0.3) is 0 Å². The number of hydrogen-bond acceptors (Lipinski definition) is 0. The standard InChI is InChI=1S/6CO.Ta/c6*1-2;. The normalized spacial score (nSPS) is 0.923. The third-order valence-electron chi connectivity index (χ3n) is 0. The van der Waals surface area contributed by atoms with Gasteiger partial charge in [0.2, 0.25) is 0 Å². The van der Waals surface area contributed by atoms with Crippen LogP contribution in [-0.4, -0.2) is 0 Å². The summed E-state index contributed by atoms with van der Waals surface area (Å²) in [4.78, 5) is 0. The van der Waals surface area contributed by atoms with E-state index in [4.69, 9.17) is 27.9 Å². The molecule has 0 N–H and O–H groups in total. The van der Waals surface area contributed by atoms with Gasteiger partial charge in [-0.3, -0.25) is 0 Å². The van der Waals surface area contributed by atoms with Gasteiger partial charge in [0, 0.05) is 22.4 Å². The van der Waals surface area contributed by atoms with E-state index in [9.17, 15) is 0 Å². The average molecular weight is 349 g/mol. The van der Waals surface area contributed by atoms with Gasteiger partial charge in [0.15, 0.2) is 0 Å². The first kappa shape index (κ1) is 56.7. The van der Waals surface area contributed by atoms with Crippen LogP contribution in [0.4, 0.5) is 0 Å². The Bertz CT molecular complexity index is 92.1. The quantitative estimate of drug-likeness (QED) is 0.424. The maximum atomic E-state index is 7.50. The molecular formula is C6O6Ta. The summed E-state index contributed by atoms with van der Waals surface area (Å²) >= 11 is 0. The third-order valence-corrected chi connectivity index (χ3v) is 0. The Balaban J connectivity index is -0.00000000655. The summed E-state index contributed by atoms with van der Waals surface area (Å²) in [5.41, 5.74) is 0. The van der Waals surface area contributed by atoms with E-state index >= 15 is 0 Å². The second-order valence-corrected chi connectivity index (χ2v) is 0. The van der Waals surface area contributed by atoms with E-state index in [1.807, 2.05) is 0 Å². The van der Waals surface area contributed by atoms with Crippen LogP contribution in [0.1, 0.15) is 0 Å². The van der Waals surface area contributed by atoms with Gasteiger partial charge in [-0.2, -0.15) is 0 Å². The smallest absolute Gasteiger partial charge is 0 e. The minimum atomic E-state index is 0. The molecule has 0 spiro atoms. The second kappa shape index (κ2) is 1720. The van der Waals surface area contributed by atoms with Crippen molar-refractivity contribution in [3.8, 4) is 0 Å². The zero-order chi connectivity index (χ0) is 12.0. The Hall–Kier alpha value is -0.820. The van der Waals surface area contributed by atoms with E-state index in [2.05, 4.69) is 39.9 Å². The van der Waals surface area contributed by atoms with Crippen molar-refractivity contribution in [2.75, 3.05) is 0 Å². The molecule has 0 aliphatic rings. The van der Waals surface area contributed by atoms with Gasteiger partial charge in [-0.15, -0.1) is 0 Å². The van der Waals surface area contributed by atoms with Gasteiger partial charge in [0.05, 0.1) is 0 Å². The summed E-state index contributed by atoms with van der Waals surface area (Å²) in [6, 6.07) is 0. The maximum Gasteiger partial charge on any atom is 0 e. The molecule has 0 heterocycles. The zero-order valence-electron chi connectivity index (χ0n) is 5.90. The fourth-order valence-corrected chi connectivity index (χ4v) is 0. The van der Waals surface area contributed by atoms with Crippen molar-refractivity contribution in [2.45, 2.75) is 0 Å². The van der Waals surface area contributed by atoms with Gasteiger partial charge in [0.1, 0.15) is 0 Å². The molecule has 6 nitrogen and oxygen atoms in total. The van der Waals surface area contributed by atoms with E-state index in [0.717, 1.165) is 0 Å². The zero-order valence-corrected chi connectivity index (χ0v) is 9.11. The van der Waals surface area contributed by atoms with Crippen molar-refractivity contribution in [1.29, 1.82) is 0 Å². The van der Waals surface area contributed by atoms with Crippen LogP contribution < -0.4 is 0 Å². The summed E-state index contributed by atoms with van der Waals surface area (Å²) in [5.74, 6) is 0. The molecule has 0 aromatic heterocycles. The van der Waals surface area contributed by atoms with Crippen LogP contribution in [0.25, 0.3) is 0 Å². The van der Waals surface area contributed by atoms with E-state index < -0.39 is 0 Å². The van der Waals surface area contributed by atoms with Crippen molar-refractivity contribution in [3.05, 3.63) is 39.9 Å². The second-order valence-electron chi connectivity index (χ2n) is 0. The van der Waals surface area contributed by atoms with Crippen molar-refractivity contribution < 1.29 is 50.3 Å². The molecule has 0 saturated heterocycles. The van der Waals surface area contributed by atoms with Gasteiger partial charge in [-0.25, -0.2) is 0 Å². The summed E-state index contributed by atoms with van der Waals surface area (Å²) in [7, 11) is 0. The molecule has 0 unspecified atom stereocenters. The molecule has 0 aromatic rings. The first-order chi connectivity index (χ1) is 6.00. The Labute approximate surface area is 90.5 Å². The largest absolute Gasteiger partial charge is 0 e. The van der Waals surface area contributed by atoms with Gasteiger partial charge < -0.3 is 0 Å². The van der Waals surface area contributed by atoms with Crippen molar-refractivity contribution in [1.82, 2.24) is 0 Å². The van der Waals surface area contributed by atoms with E-state index in [-0.39, 0.29) is 22.4 Å². The predicted molar refractivity (Wildman–Crippen MR) is 23.6 cm³/mol. The molecule has 0 saturated carbocycles. The van der Waals surface area contributed by atoms with E-state index in [1.165, 1.54) is 0 Å². The Morgan fingerprint density at radius 3 is 0.308 bits per heavy atom. The summed E-state index contributed by atoms with van der Waals surface area (Å²) in [6.45, 7) is 27.0. The molecule has 0 aliphatic carbocycles. The molecule has 1 radical (unpaired) electrons. The fourth-order valence-electron chi connectivity index (χ4n) is 0. The SMILES string of the molecule is [C-]#[O+].[C-]#[O+].[C-]#[O+].[C-]#[O+].[C-]#[O+].[C-]#[O+].[Ta]. The number of rotatable bonds is 0. The number of hydrogen-bond donors (Lipinski definition) is 0. The molecule has 7 heteroatoms. The summed E-state index contributed by atoms with van der Waals surface area (Å²) in [6.07, 6.45) is 0. The van der Waals surface area contributed by atoms with Gasteiger partial charge in [-0.1, -0.05) is 0 Å². The Morgan fingerprint density at radius 2 is 0.308 bits per heavy atom. The van der Waals surface area contributed by atoms with Crippen LogP contribution in [0.3, 0.4) is 0 Å². The summed E-state index contributed by atoms with van der Waals surface area (Å²) < 4.78 is 45.0. The monoisotopic (exact) mass is 349 g/mol. The maximum absolute atomic E-state index is 7.50. The predicted octanol–water partition coefficient (Wildman–Crippen LogP) is -0.228. The van der Waals surface area contributed by atoms with Crippen LogP contribution in [0, 0.1) is 39.9 Å². The van der Waals surface area contributed by atoms with Crippen molar-refractivity contribution in [2.24, 2.45) is 0 Å². The minimum absolute atomic E-state index is 0. The Kier molecular flexibility index (Phi) is 7530. The first-order valence-electron chi connectivity index (χ1n) is 1.22. The molecule has 0 fully saturated rings. The molecule has 0 atom stereocenters. The average Bonchev–Trinajstić information content (AvgIpc) is 2.33. The molecule has 0 bridgehead atoms. The van der Waals surface area contributed by atoms with Gasteiger partial charge in [-0.05, 0) is 0 Å². The Morgan fingerprint density at radius 1 is 0.308 bits per heavy atom. The molecule has 13 heavy (non-hydrogen) atoms. The van der Waals surface area contributed by atoms with Gasteiger partial charge >= 0.3 is 67.8 Å². The van der Waals surface area contributed by atoms with E-state index in [1.54, 1.807) is 0 Å². The topological polar surface area (TPSA) is 119 Å². The fraction of sp³-hybridized carbons (Fsp3) is 0. The first-order valence-corrected chi connectivity index (χ1v) is 1.22. The van der Waals surface area contributed by atoms with Crippen LogP contribution in [0.15, 0.2) is 0 Å². The molecular weight excluding hydrogens is 349 g/mol. The molecule has 0 aliphatic heterocycles. The van der Waals surface area contributed by atoms with Crippen LogP contribution in [-0.2, 0) is 50.3 Å². The van der Waals surface area contributed by atoms with Crippen LogP contribution in [0.5, 0.6) is 0 Å². The molecule has 65 valence electrons. The van der Waals surface area contributed by atoms with E-state index in [0.29, 0.717) is 0 Å². The molecule has 0 amide bonds. The minimum Gasteiger partial charge on any atom is 0 e. The molecule has 0 rings (SSSR count). The van der Waals surface area contributed by atoms with Crippen molar-refractivity contribution in [3.63, 3.8) is 0 Å². The summed E-state index contributed by atoms with van der Waals surface area (Å²) in [5, 5.41) is 0.